The van der Waals surface area contributed by atoms with Gasteiger partial charge in [0, 0.05) is 17.6 Å². The molecule has 1 N–H and O–H groups in total. The first-order valence-electron chi connectivity index (χ1n) is 10.3. The Morgan fingerprint density at radius 3 is 2.38 bits per heavy atom. The summed E-state index contributed by atoms with van der Waals surface area (Å²) in [6, 6.07) is 6.41. The van der Waals surface area contributed by atoms with Gasteiger partial charge < -0.3 is 9.64 Å². The molecule has 2 aliphatic rings. The molecule has 0 radical (unpaired) electrons. The molecule has 0 saturated carbocycles. The highest BCUT2D eigenvalue weighted by Gasteiger charge is 2.49. The average Bonchev–Trinajstić information content (AvgIpc) is 2.86. The van der Waals surface area contributed by atoms with E-state index in [1.807, 2.05) is 46.4 Å². The molecule has 7 heteroatoms. The monoisotopic (exact) mass is 484 g/mol. The van der Waals surface area contributed by atoms with Crippen LogP contribution in [0.3, 0.4) is 0 Å². The van der Waals surface area contributed by atoms with Crippen molar-refractivity contribution in [2.24, 2.45) is 5.41 Å². The van der Waals surface area contributed by atoms with Gasteiger partial charge in [0.05, 0.1) is 21.8 Å². The molecular formula is C22H33BrN2O3S. The first-order chi connectivity index (χ1) is 13.3. The van der Waals surface area contributed by atoms with Gasteiger partial charge in [0.15, 0.2) is 0 Å². The van der Waals surface area contributed by atoms with Gasteiger partial charge in [-0.15, -0.1) is 0 Å². The minimum absolute atomic E-state index is 0.0100. The number of carbonyl (C=O) groups excluding carboxylic acids is 1. The number of benzene rings is 1. The highest BCUT2D eigenvalue weighted by Crippen LogP contribution is 2.53. The van der Waals surface area contributed by atoms with E-state index in [-0.39, 0.29) is 22.3 Å². The fraction of sp³-hybridized carbons (Fsp3) is 0.682. The number of hydrogen-bond acceptors (Lipinski definition) is 3. The number of nitrogens with zero attached hydrogens (tertiary/aromatic N) is 1. The number of carbonyl (C=O) groups is 1. The average molecular weight is 485 g/mol. The van der Waals surface area contributed by atoms with Crippen molar-refractivity contribution in [2.45, 2.75) is 77.2 Å². The lowest BCUT2D eigenvalue weighted by Gasteiger charge is -2.44. The lowest BCUT2D eigenvalue weighted by atomic mass is 9.73. The van der Waals surface area contributed by atoms with Crippen LogP contribution in [-0.2, 0) is 22.1 Å². The van der Waals surface area contributed by atoms with Crippen molar-refractivity contribution in [3.05, 3.63) is 33.8 Å². The molecule has 29 heavy (non-hydrogen) atoms. The zero-order chi connectivity index (χ0) is 21.6. The van der Waals surface area contributed by atoms with Crippen LogP contribution in [0.4, 0.5) is 4.79 Å². The van der Waals surface area contributed by atoms with Gasteiger partial charge in [-0.05, 0) is 89.5 Å². The van der Waals surface area contributed by atoms with Gasteiger partial charge in [0.1, 0.15) is 5.60 Å². The Morgan fingerprint density at radius 2 is 1.83 bits per heavy atom. The molecule has 1 heterocycles. The number of rotatable bonds is 2. The quantitative estimate of drug-likeness (QED) is 0.633. The predicted octanol–water partition coefficient (Wildman–Crippen LogP) is 5.12. The van der Waals surface area contributed by atoms with E-state index in [9.17, 15) is 9.00 Å². The molecule has 1 spiro atoms. The smallest absolute Gasteiger partial charge is 0.410 e. The van der Waals surface area contributed by atoms with Crippen LogP contribution in [-0.4, -0.2) is 38.6 Å². The summed E-state index contributed by atoms with van der Waals surface area (Å²) in [5, 5.41) is 0. The van der Waals surface area contributed by atoms with Crippen molar-refractivity contribution < 1.29 is 13.7 Å². The molecule has 1 amide bonds. The fourth-order valence-electron chi connectivity index (χ4n) is 4.21. The van der Waals surface area contributed by atoms with E-state index >= 15 is 0 Å². The molecule has 5 nitrogen and oxygen atoms in total. The Balaban J connectivity index is 1.82. The van der Waals surface area contributed by atoms with Crippen molar-refractivity contribution >= 4 is 33.0 Å². The van der Waals surface area contributed by atoms with Crippen LogP contribution in [0.1, 0.15) is 71.6 Å². The highest BCUT2D eigenvalue weighted by atomic mass is 79.9. The van der Waals surface area contributed by atoms with Gasteiger partial charge >= 0.3 is 6.09 Å². The van der Waals surface area contributed by atoms with Gasteiger partial charge in [-0.2, -0.15) is 0 Å². The number of nitrogens with one attached hydrogen (secondary N) is 1. The summed E-state index contributed by atoms with van der Waals surface area (Å²) in [4.78, 5) is 14.3. The molecule has 1 aliphatic heterocycles. The normalized spacial score (nSPS) is 22.4. The van der Waals surface area contributed by atoms with Crippen molar-refractivity contribution in [2.75, 3.05) is 13.1 Å². The lowest BCUT2D eigenvalue weighted by Crippen LogP contribution is -2.49. The van der Waals surface area contributed by atoms with E-state index in [2.05, 4.69) is 38.9 Å². The van der Waals surface area contributed by atoms with Gasteiger partial charge in [-0.3, -0.25) is 0 Å². The Labute approximate surface area is 185 Å². The molecule has 1 aromatic carbocycles. The minimum Gasteiger partial charge on any atom is -0.444 e. The van der Waals surface area contributed by atoms with Crippen LogP contribution in [0, 0.1) is 5.41 Å². The summed E-state index contributed by atoms with van der Waals surface area (Å²) in [6.45, 7) is 13.0. The third-order valence-corrected chi connectivity index (χ3v) is 7.82. The molecule has 162 valence electrons. The molecule has 2 atom stereocenters. The number of hydrogen-bond donors (Lipinski definition) is 1. The number of halogens is 1. The van der Waals surface area contributed by atoms with Crippen LogP contribution in [0.25, 0.3) is 0 Å². The van der Waals surface area contributed by atoms with Crippen LogP contribution < -0.4 is 4.72 Å². The van der Waals surface area contributed by atoms with E-state index in [4.69, 9.17) is 4.74 Å². The number of fused-ring (bicyclic) bond motifs is 1. The fourth-order valence-corrected chi connectivity index (χ4v) is 5.53. The second-order valence-electron chi connectivity index (χ2n) is 10.3. The molecule has 2 unspecified atom stereocenters. The molecule has 0 bridgehead atoms. The maximum atomic E-state index is 13.0. The van der Waals surface area contributed by atoms with E-state index in [0.717, 1.165) is 23.7 Å². The van der Waals surface area contributed by atoms with Crippen LogP contribution in [0.15, 0.2) is 22.7 Å². The third kappa shape index (κ3) is 5.05. The zero-order valence-corrected chi connectivity index (χ0v) is 20.7. The molecule has 0 aromatic heterocycles. The minimum atomic E-state index is -1.17. The summed E-state index contributed by atoms with van der Waals surface area (Å²) < 4.78 is 22.7. The van der Waals surface area contributed by atoms with E-state index in [1.165, 1.54) is 11.1 Å². The Kier molecular flexibility index (Phi) is 6.25. The Morgan fingerprint density at radius 1 is 1.21 bits per heavy atom. The zero-order valence-electron chi connectivity index (χ0n) is 18.3. The van der Waals surface area contributed by atoms with Crippen molar-refractivity contribution in [1.82, 2.24) is 9.62 Å². The largest absolute Gasteiger partial charge is 0.444 e. The SMILES string of the molecule is CC(C)(C)OC(=O)N1CCC2(CC1)Cc1ccc(Br)cc1C2NS(=O)C(C)(C)C. The van der Waals surface area contributed by atoms with Gasteiger partial charge in [0.25, 0.3) is 0 Å². The summed E-state index contributed by atoms with van der Waals surface area (Å²) in [7, 11) is -1.17. The Hall–Kier alpha value is -0.920. The first-order valence-corrected chi connectivity index (χ1v) is 12.2. The van der Waals surface area contributed by atoms with Crippen molar-refractivity contribution in [1.29, 1.82) is 0 Å². The van der Waals surface area contributed by atoms with E-state index in [0.29, 0.717) is 13.1 Å². The molecule has 1 fully saturated rings. The second-order valence-corrected chi connectivity index (χ2v) is 13.2. The first kappa shape index (κ1) is 22.8. The standard InChI is InChI=1S/C22H33BrN2O3S/c1-20(2,3)28-19(26)25-11-9-22(10-12-25)14-15-7-8-16(23)13-17(15)18(22)24-29(27)21(4,5)6/h7-8,13,18,24H,9-12,14H2,1-6H3. The van der Waals surface area contributed by atoms with Gasteiger partial charge in [-0.25, -0.2) is 13.7 Å². The maximum Gasteiger partial charge on any atom is 0.410 e. The van der Waals surface area contributed by atoms with E-state index < -0.39 is 16.6 Å². The molecule has 1 aromatic rings. The van der Waals surface area contributed by atoms with E-state index in [1.54, 1.807) is 0 Å². The van der Waals surface area contributed by atoms with Crippen molar-refractivity contribution in [3.63, 3.8) is 0 Å². The van der Waals surface area contributed by atoms with Crippen LogP contribution in [0.5, 0.6) is 0 Å². The lowest BCUT2D eigenvalue weighted by molar-refractivity contribution is 0.00724. The van der Waals surface area contributed by atoms with Gasteiger partial charge in [0.2, 0.25) is 0 Å². The number of ether oxygens (including phenoxy) is 1. The number of piperidine rings is 1. The number of likely N-dealkylation sites (tertiary alicyclic amines) is 1. The number of amides is 1. The third-order valence-electron chi connectivity index (χ3n) is 5.77. The van der Waals surface area contributed by atoms with Crippen LogP contribution in [0.2, 0.25) is 0 Å². The topological polar surface area (TPSA) is 58.6 Å². The predicted molar refractivity (Wildman–Crippen MR) is 121 cm³/mol. The molecule has 1 saturated heterocycles. The highest BCUT2D eigenvalue weighted by molar-refractivity contribution is 9.10. The summed E-state index contributed by atoms with van der Waals surface area (Å²) in [6.07, 6.45) is 2.42. The van der Waals surface area contributed by atoms with Crippen molar-refractivity contribution in [3.8, 4) is 0 Å². The molecular weight excluding hydrogens is 452 g/mol. The molecule has 3 rings (SSSR count). The molecule has 1 aliphatic carbocycles. The summed E-state index contributed by atoms with van der Waals surface area (Å²) >= 11 is 3.59. The van der Waals surface area contributed by atoms with Crippen LogP contribution >= 0.6 is 15.9 Å². The maximum absolute atomic E-state index is 13.0. The summed E-state index contributed by atoms with van der Waals surface area (Å²) in [5.74, 6) is 0. The Bertz CT molecular complexity index is 805. The van der Waals surface area contributed by atoms with Gasteiger partial charge in [-0.1, -0.05) is 22.0 Å². The second kappa shape index (κ2) is 7.97. The summed E-state index contributed by atoms with van der Waals surface area (Å²) in [5.41, 5.74) is 2.00.